The number of fused-ring (bicyclic) bond motifs is 11. The number of thiophene rings is 1. The summed E-state index contributed by atoms with van der Waals surface area (Å²) < 4.78 is 0. The van der Waals surface area contributed by atoms with Gasteiger partial charge in [-0.15, -0.1) is 11.3 Å². The maximum atomic E-state index is 2.69. The van der Waals surface area contributed by atoms with Crippen molar-refractivity contribution >= 4 is 126 Å². The van der Waals surface area contributed by atoms with Gasteiger partial charge in [0.15, 0.2) is 0 Å². The topological polar surface area (TPSA) is 13.0 Å². The van der Waals surface area contributed by atoms with E-state index in [1.165, 1.54) is 111 Å². The summed E-state index contributed by atoms with van der Waals surface area (Å²) in [6.07, 6.45) is 0. The number of hydrogen-bond acceptors (Lipinski definition) is 5. The van der Waals surface area contributed by atoms with Crippen LogP contribution in [0.3, 0.4) is 0 Å². The Morgan fingerprint density at radius 2 is 0.600 bits per heavy atom. The maximum absolute atomic E-state index is 2.69. The molecule has 65 heavy (non-hydrogen) atoms. The highest BCUT2D eigenvalue weighted by molar-refractivity contribution is 7.20. The molecule has 4 nitrogen and oxygen atoms in total. The van der Waals surface area contributed by atoms with E-state index in [0.717, 1.165) is 11.4 Å². The predicted octanol–water partition coefficient (Wildman–Crippen LogP) is 11.6. The molecule has 15 rings (SSSR count). The van der Waals surface area contributed by atoms with Gasteiger partial charge in [0.2, 0.25) is 0 Å². The first-order valence-corrected chi connectivity index (χ1v) is 23.3. The summed E-state index contributed by atoms with van der Waals surface area (Å²) in [7, 11) is 0. The lowest BCUT2D eigenvalue weighted by Crippen LogP contribution is -2.65. The van der Waals surface area contributed by atoms with Crippen LogP contribution in [0.1, 0.15) is 0 Å². The number of nitrogens with zero attached hydrogens (tertiary/aromatic N) is 4. The van der Waals surface area contributed by atoms with Gasteiger partial charge in [0.1, 0.15) is 0 Å². The molecule has 1 aromatic heterocycles. The maximum Gasteiger partial charge on any atom is 0.252 e. The first kappa shape index (κ1) is 35.5. The average molecular weight is 843 g/mol. The van der Waals surface area contributed by atoms with E-state index < -0.39 is 0 Å². The third kappa shape index (κ3) is 4.67. The third-order valence-electron chi connectivity index (χ3n) is 14.3. The molecule has 0 atom stereocenters. The highest BCUT2D eigenvalue weighted by Gasteiger charge is 2.53. The fraction of sp³-hybridized carbons (Fsp3) is 0. The number of para-hydroxylation sites is 4. The molecule has 0 aliphatic carbocycles. The molecule has 0 N–H and O–H groups in total. The largest absolute Gasteiger partial charge is 0.311 e. The molecule has 0 bridgehead atoms. The van der Waals surface area contributed by atoms with Crippen molar-refractivity contribution < 1.29 is 0 Å². The van der Waals surface area contributed by atoms with E-state index in [9.17, 15) is 0 Å². The molecule has 10 aromatic rings. The van der Waals surface area contributed by atoms with Gasteiger partial charge in [0.25, 0.3) is 13.4 Å². The lowest BCUT2D eigenvalue weighted by molar-refractivity contribution is 1.18. The van der Waals surface area contributed by atoms with E-state index in [2.05, 4.69) is 238 Å². The fourth-order valence-electron chi connectivity index (χ4n) is 11.9. The summed E-state index contributed by atoms with van der Waals surface area (Å²) in [5.41, 5.74) is 25.1. The second kappa shape index (κ2) is 13.3. The van der Waals surface area contributed by atoms with Crippen molar-refractivity contribution in [3.63, 3.8) is 0 Å². The summed E-state index contributed by atoms with van der Waals surface area (Å²) >= 11 is 1.92. The minimum atomic E-state index is 0.0182. The van der Waals surface area contributed by atoms with E-state index in [-0.39, 0.29) is 13.4 Å². The van der Waals surface area contributed by atoms with Gasteiger partial charge in [0.05, 0.1) is 32.5 Å². The summed E-state index contributed by atoms with van der Waals surface area (Å²) in [6.45, 7) is 0.0364. The zero-order valence-corrected chi connectivity index (χ0v) is 36.0. The van der Waals surface area contributed by atoms with Crippen molar-refractivity contribution in [1.82, 2.24) is 0 Å². The van der Waals surface area contributed by atoms with E-state index in [4.69, 9.17) is 0 Å². The highest BCUT2D eigenvalue weighted by atomic mass is 32.1. The molecule has 0 unspecified atom stereocenters. The number of benzene rings is 9. The van der Waals surface area contributed by atoms with Crippen LogP contribution in [0.2, 0.25) is 0 Å². The van der Waals surface area contributed by atoms with Crippen molar-refractivity contribution in [3.8, 4) is 20.9 Å². The molecule has 0 fully saturated rings. The van der Waals surface area contributed by atoms with Crippen molar-refractivity contribution in [2.45, 2.75) is 0 Å². The Kier molecular flexibility index (Phi) is 7.24. The average Bonchev–Trinajstić information content (AvgIpc) is 3.78. The normalized spacial score (nSPS) is 14.0. The van der Waals surface area contributed by atoms with Gasteiger partial charge in [-0.3, -0.25) is 0 Å². The molecular formula is C58H36B2N4S. The van der Waals surface area contributed by atoms with Crippen LogP contribution in [0.25, 0.3) is 20.9 Å². The highest BCUT2D eigenvalue weighted by Crippen LogP contribution is 2.64. The van der Waals surface area contributed by atoms with Crippen LogP contribution in [0.5, 0.6) is 0 Å². The van der Waals surface area contributed by atoms with Crippen molar-refractivity contribution in [2.24, 2.45) is 0 Å². The van der Waals surface area contributed by atoms with Crippen LogP contribution in [0, 0.1) is 0 Å². The quantitative estimate of drug-likeness (QED) is 0.164. The molecule has 0 radical (unpaired) electrons. The Bertz CT molecular complexity index is 3360. The Balaban J connectivity index is 1.10. The summed E-state index contributed by atoms with van der Waals surface area (Å²) in [5, 5.41) is 0. The molecule has 0 spiro atoms. The molecule has 300 valence electrons. The van der Waals surface area contributed by atoms with Crippen LogP contribution < -0.4 is 52.4 Å². The minimum Gasteiger partial charge on any atom is -0.311 e. The first-order chi connectivity index (χ1) is 32.3. The molecular weight excluding hydrogens is 806 g/mol. The zero-order valence-electron chi connectivity index (χ0n) is 35.1. The summed E-state index contributed by atoms with van der Waals surface area (Å²) in [4.78, 5) is 12.9. The van der Waals surface area contributed by atoms with Gasteiger partial charge in [-0.1, -0.05) is 158 Å². The number of anilines is 12. The minimum absolute atomic E-state index is 0.0182. The molecule has 7 heteroatoms. The molecule has 0 saturated heterocycles. The molecule has 0 amide bonds. The van der Waals surface area contributed by atoms with E-state index in [1.807, 2.05) is 11.3 Å². The van der Waals surface area contributed by atoms with Crippen LogP contribution >= 0.6 is 11.3 Å². The van der Waals surface area contributed by atoms with Crippen LogP contribution in [0.15, 0.2) is 218 Å². The second-order valence-corrected chi connectivity index (χ2v) is 18.6. The second-order valence-electron chi connectivity index (χ2n) is 17.5. The summed E-state index contributed by atoms with van der Waals surface area (Å²) in [5.74, 6) is 0. The molecule has 6 heterocycles. The fourth-order valence-corrected chi connectivity index (χ4v) is 13.2. The summed E-state index contributed by atoms with van der Waals surface area (Å²) in [6, 6.07) is 81.2. The molecule has 5 aliphatic heterocycles. The van der Waals surface area contributed by atoms with Gasteiger partial charge in [0, 0.05) is 45.5 Å². The van der Waals surface area contributed by atoms with Crippen molar-refractivity contribution in [2.75, 3.05) is 19.6 Å². The SMILES string of the molecule is c1ccc(-c2sc(-c3ccccc3)c3c2N2c4cccc5c4B(c4ccccc4N5c4ccccc4)c4ccc5c(c42)N3c2cccc3c2B5c2ccccc2N3c2ccccc2)cc1. The lowest BCUT2D eigenvalue weighted by atomic mass is 9.31. The van der Waals surface area contributed by atoms with Crippen molar-refractivity contribution in [3.05, 3.63) is 218 Å². The van der Waals surface area contributed by atoms with Gasteiger partial charge in [-0.05, 0) is 105 Å². The first-order valence-electron chi connectivity index (χ1n) is 22.5. The molecule has 0 saturated carbocycles. The standard InChI is InChI=1S/C58H36B2N4S/c1-5-19-37(20-6-1)57-55-56(58(65-57)38-21-7-2-8-22-38)64-50-34-18-32-48-52(50)60(42-28-14-16-30-46(42)62(48)40-25-11-4-12-26-40)44-36-35-43-53(54(44)64)63(55)49-33-17-31-47-51(49)59(43)41-27-13-15-29-45(41)61(47)39-23-9-3-10-24-39/h1-36H. The van der Waals surface area contributed by atoms with Gasteiger partial charge in [-0.25, -0.2) is 0 Å². The van der Waals surface area contributed by atoms with Gasteiger partial charge >= 0.3 is 0 Å². The van der Waals surface area contributed by atoms with E-state index in [0.29, 0.717) is 0 Å². The zero-order chi connectivity index (χ0) is 42.3. The van der Waals surface area contributed by atoms with Crippen LogP contribution in [-0.2, 0) is 0 Å². The molecule has 9 aromatic carbocycles. The van der Waals surface area contributed by atoms with Crippen LogP contribution in [0.4, 0.5) is 68.2 Å². The Morgan fingerprint density at radius 3 is 1.02 bits per heavy atom. The smallest absolute Gasteiger partial charge is 0.252 e. The van der Waals surface area contributed by atoms with Crippen molar-refractivity contribution in [1.29, 1.82) is 0 Å². The predicted molar refractivity (Wildman–Crippen MR) is 277 cm³/mol. The van der Waals surface area contributed by atoms with Crippen LogP contribution in [-0.4, -0.2) is 13.4 Å². The number of hydrogen-bond donors (Lipinski definition) is 0. The van der Waals surface area contributed by atoms with E-state index >= 15 is 0 Å². The Hall–Kier alpha value is -7.99. The number of rotatable bonds is 4. The molecule has 5 aliphatic rings. The van der Waals surface area contributed by atoms with Gasteiger partial charge in [-0.2, -0.15) is 0 Å². The lowest BCUT2D eigenvalue weighted by Gasteiger charge is -2.51. The van der Waals surface area contributed by atoms with Gasteiger partial charge < -0.3 is 19.6 Å². The monoisotopic (exact) mass is 842 g/mol. The third-order valence-corrected chi connectivity index (χ3v) is 15.6. The Labute approximate surface area is 382 Å². The van der Waals surface area contributed by atoms with E-state index in [1.54, 1.807) is 0 Å². The Morgan fingerprint density at radius 1 is 0.262 bits per heavy atom.